The van der Waals surface area contributed by atoms with Crippen molar-refractivity contribution in [1.29, 1.82) is 0 Å². The molecule has 3 aromatic carbocycles. The molecule has 3 atom stereocenters. The lowest BCUT2D eigenvalue weighted by Crippen LogP contribution is -2.51. The van der Waals surface area contributed by atoms with E-state index in [-0.39, 0.29) is 17.6 Å². The van der Waals surface area contributed by atoms with E-state index in [9.17, 15) is 14.7 Å². The molecule has 1 saturated heterocycles. The number of hydrogen-bond acceptors (Lipinski definition) is 5. The molecule has 0 spiro atoms. The second kappa shape index (κ2) is 9.43. The zero-order chi connectivity index (χ0) is 24.4. The van der Waals surface area contributed by atoms with Crippen LogP contribution in [0.1, 0.15) is 30.0 Å². The average Bonchev–Trinajstić information content (AvgIpc) is 3.36. The number of rotatable bonds is 7. The Morgan fingerprint density at radius 1 is 1.03 bits per heavy atom. The largest absolute Gasteiger partial charge is 0.508 e. The summed E-state index contributed by atoms with van der Waals surface area (Å²) in [6.45, 7) is 2.29. The molecule has 5 rings (SSSR count). The van der Waals surface area contributed by atoms with Crippen molar-refractivity contribution in [2.24, 2.45) is 0 Å². The summed E-state index contributed by atoms with van der Waals surface area (Å²) < 4.78 is 6.61. The molecule has 0 bridgehead atoms. The van der Waals surface area contributed by atoms with Crippen LogP contribution in [-0.4, -0.2) is 40.6 Å². The zero-order valence-corrected chi connectivity index (χ0v) is 19.6. The number of carbonyl (C=O) groups excluding carboxylic acids is 2. The van der Waals surface area contributed by atoms with Crippen LogP contribution in [0.4, 0.5) is 5.69 Å². The van der Waals surface area contributed by atoms with E-state index in [0.717, 1.165) is 22.4 Å². The second-order valence-corrected chi connectivity index (χ2v) is 9.11. The lowest BCUT2D eigenvalue weighted by atomic mass is 9.90. The number of benzene rings is 3. The minimum absolute atomic E-state index is 0.181. The van der Waals surface area contributed by atoms with Crippen molar-refractivity contribution in [3.05, 3.63) is 95.6 Å². The lowest BCUT2D eigenvalue weighted by Gasteiger charge is -2.32. The fourth-order valence-electron chi connectivity index (χ4n) is 5.20. The van der Waals surface area contributed by atoms with E-state index < -0.39 is 17.8 Å². The van der Waals surface area contributed by atoms with E-state index in [1.165, 1.54) is 6.92 Å². The third-order valence-corrected chi connectivity index (χ3v) is 6.88. The number of phenols is 1. The number of nitrogens with zero attached hydrogens (tertiary/aromatic N) is 1. The Kier molecular flexibility index (Phi) is 6.17. The number of likely N-dealkylation sites (tertiary alicyclic amines) is 1. The van der Waals surface area contributed by atoms with E-state index in [1.807, 2.05) is 66.7 Å². The van der Waals surface area contributed by atoms with E-state index in [2.05, 4.69) is 10.6 Å². The van der Waals surface area contributed by atoms with Gasteiger partial charge < -0.3 is 25.4 Å². The fourth-order valence-corrected chi connectivity index (χ4v) is 5.20. The van der Waals surface area contributed by atoms with Gasteiger partial charge >= 0.3 is 0 Å². The number of fused-ring (bicyclic) bond motifs is 3. The minimum atomic E-state index is -0.836. The van der Waals surface area contributed by atoms with Crippen LogP contribution in [0, 0.1) is 0 Å². The first-order chi connectivity index (χ1) is 17.0. The SMILES string of the molecule is CC(=O)N1[C@@H](C(=O)NCCc2ccc(O)cc2)C[C@]2(OCc3ccccc3)c3ccccc3N[C@@H]12. The van der Waals surface area contributed by atoms with E-state index in [1.54, 1.807) is 17.0 Å². The van der Waals surface area contributed by atoms with Gasteiger partial charge in [0.1, 0.15) is 23.6 Å². The molecule has 3 N–H and O–H groups in total. The third kappa shape index (κ3) is 4.35. The normalized spacial score (nSPS) is 22.3. The first kappa shape index (κ1) is 22.9. The molecular formula is C28H29N3O4. The van der Waals surface area contributed by atoms with E-state index in [0.29, 0.717) is 26.0 Å². The van der Waals surface area contributed by atoms with Crippen molar-refractivity contribution < 1.29 is 19.4 Å². The highest BCUT2D eigenvalue weighted by Gasteiger charge is 2.61. The molecule has 0 saturated carbocycles. The minimum Gasteiger partial charge on any atom is -0.508 e. The third-order valence-electron chi connectivity index (χ3n) is 6.88. The van der Waals surface area contributed by atoms with Crippen LogP contribution in [-0.2, 0) is 33.0 Å². The molecule has 0 aromatic heterocycles. The van der Waals surface area contributed by atoms with Gasteiger partial charge in [-0.1, -0.05) is 60.7 Å². The Hall–Kier alpha value is -3.84. The van der Waals surface area contributed by atoms with Crippen molar-refractivity contribution in [1.82, 2.24) is 10.2 Å². The van der Waals surface area contributed by atoms with Gasteiger partial charge in [0.2, 0.25) is 11.8 Å². The maximum atomic E-state index is 13.3. The number of anilines is 1. The Balaban J connectivity index is 1.38. The summed E-state index contributed by atoms with van der Waals surface area (Å²) in [5.74, 6) is -0.171. The molecule has 2 aliphatic heterocycles. The number of aromatic hydroxyl groups is 1. The molecule has 35 heavy (non-hydrogen) atoms. The summed E-state index contributed by atoms with van der Waals surface area (Å²) in [6, 6.07) is 24.1. The molecule has 1 fully saturated rings. The van der Waals surface area contributed by atoms with Gasteiger partial charge in [-0.25, -0.2) is 0 Å². The van der Waals surface area contributed by atoms with Gasteiger partial charge in [0.05, 0.1) is 6.61 Å². The van der Waals surface area contributed by atoms with E-state index >= 15 is 0 Å². The Morgan fingerprint density at radius 2 is 1.74 bits per heavy atom. The number of amides is 2. The molecule has 0 radical (unpaired) electrons. The Labute approximate surface area is 204 Å². The molecule has 7 nitrogen and oxygen atoms in total. The highest BCUT2D eigenvalue weighted by molar-refractivity contribution is 5.89. The summed E-state index contributed by atoms with van der Waals surface area (Å²) in [6.07, 6.45) is 0.506. The molecule has 0 aliphatic carbocycles. The molecule has 3 aromatic rings. The maximum Gasteiger partial charge on any atom is 0.243 e. The van der Waals surface area contributed by atoms with Crippen molar-refractivity contribution in [3.8, 4) is 5.75 Å². The topological polar surface area (TPSA) is 90.9 Å². The van der Waals surface area contributed by atoms with Crippen LogP contribution in [0.5, 0.6) is 5.75 Å². The number of phenolic OH excluding ortho intramolecular Hbond substituents is 1. The van der Waals surface area contributed by atoms with Gasteiger partial charge in [-0.3, -0.25) is 9.59 Å². The highest BCUT2D eigenvalue weighted by atomic mass is 16.5. The quantitative estimate of drug-likeness (QED) is 0.490. The van der Waals surface area contributed by atoms with Crippen molar-refractivity contribution in [2.45, 2.75) is 44.2 Å². The number of carbonyl (C=O) groups is 2. The zero-order valence-electron chi connectivity index (χ0n) is 19.6. The molecule has 7 heteroatoms. The van der Waals surface area contributed by atoms with Gasteiger partial charge in [-0.2, -0.15) is 0 Å². The number of para-hydroxylation sites is 1. The van der Waals surface area contributed by atoms with Gasteiger partial charge in [-0.05, 0) is 35.7 Å². The van der Waals surface area contributed by atoms with Crippen LogP contribution >= 0.6 is 0 Å². The smallest absolute Gasteiger partial charge is 0.243 e. The fraction of sp³-hybridized carbons (Fsp3) is 0.286. The molecule has 0 unspecified atom stereocenters. The predicted molar refractivity (Wildman–Crippen MR) is 133 cm³/mol. The van der Waals surface area contributed by atoms with Gasteiger partial charge in [0.15, 0.2) is 0 Å². The molecule has 2 amide bonds. The number of ether oxygens (including phenoxy) is 1. The number of hydrogen-bond donors (Lipinski definition) is 3. The monoisotopic (exact) mass is 471 g/mol. The summed E-state index contributed by atoms with van der Waals surface area (Å²) in [5.41, 5.74) is 3.08. The highest BCUT2D eigenvalue weighted by Crippen LogP contribution is 2.52. The van der Waals surface area contributed by atoms with Crippen LogP contribution < -0.4 is 10.6 Å². The summed E-state index contributed by atoms with van der Waals surface area (Å²) in [5, 5.41) is 15.9. The Bertz CT molecular complexity index is 1210. The predicted octanol–water partition coefficient (Wildman–Crippen LogP) is 3.54. The first-order valence-corrected chi connectivity index (χ1v) is 11.9. The molecular weight excluding hydrogens is 442 g/mol. The second-order valence-electron chi connectivity index (χ2n) is 9.11. The summed E-state index contributed by atoms with van der Waals surface area (Å²) in [4.78, 5) is 27.8. The standard InChI is InChI=1S/C28H29N3O4/c1-19(32)31-25(26(34)29-16-15-20-11-13-22(33)14-12-20)17-28(35-18-21-7-3-2-4-8-21)23-9-5-6-10-24(23)30-27(28)31/h2-14,25,27,30,33H,15-18H2,1H3,(H,29,34)/t25-,27+,28+/m1/s1. The van der Waals surface area contributed by atoms with Crippen LogP contribution in [0.25, 0.3) is 0 Å². The molecule has 2 aliphatic rings. The summed E-state index contributed by atoms with van der Waals surface area (Å²) in [7, 11) is 0. The van der Waals surface area contributed by atoms with Crippen molar-refractivity contribution in [3.63, 3.8) is 0 Å². The summed E-state index contributed by atoms with van der Waals surface area (Å²) >= 11 is 0. The molecule has 2 heterocycles. The molecule has 180 valence electrons. The van der Waals surface area contributed by atoms with Crippen molar-refractivity contribution in [2.75, 3.05) is 11.9 Å². The lowest BCUT2D eigenvalue weighted by molar-refractivity contribution is -0.139. The Morgan fingerprint density at radius 3 is 2.49 bits per heavy atom. The van der Waals surface area contributed by atoms with Gasteiger partial charge in [-0.15, -0.1) is 0 Å². The first-order valence-electron chi connectivity index (χ1n) is 11.9. The van der Waals surface area contributed by atoms with Gasteiger partial charge in [0, 0.05) is 31.1 Å². The van der Waals surface area contributed by atoms with Gasteiger partial charge in [0.25, 0.3) is 0 Å². The average molecular weight is 472 g/mol. The van der Waals surface area contributed by atoms with Crippen molar-refractivity contribution >= 4 is 17.5 Å². The van der Waals surface area contributed by atoms with Crippen LogP contribution in [0.2, 0.25) is 0 Å². The number of nitrogens with one attached hydrogen (secondary N) is 2. The van der Waals surface area contributed by atoms with Crippen LogP contribution in [0.15, 0.2) is 78.9 Å². The maximum absolute atomic E-state index is 13.3. The van der Waals surface area contributed by atoms with Crippen LogP contribution in [0.3, 0.4) is 0 Å². The van der Waals surface area contributed by atoms with E-state index in [4.69, 9.17) is 4.74 Å².